The molecule has 0 saturated carbocycles. The highest BCUT2D eigenvalue weighted by atomic mass is 79.9. The van der Waals surface area contributed by atoms with Gasteiger partial charge in [0, 0.05) is 16.1 Å². The van der Waals surface area contributed by atoms with E-state index in [1.165, 1.54) is 24.5 Å². The Kier molecular flexibility index (Phi) is 5.18. The Bertz CT molecular complexity index is 1200. The minimum Gasteiger partial charge on any atom is -0.465 e. The normalized spacial score (nSPS) is 15.8. The van der Waals surface area contributed by atoms with Gasteiger partial charge in [0.05, 0.1) is 11.2 Å². The first kappa shape index (κ1) is 19.3. The van der Waals surface area contributed by atoms with Crippen molar-refractivity contribution < 1.29 is 17.6 Å². The van der Waals surface area contributed by atoms with Gasteiger partial charge in [-0.15, -0.1) is 4.83 Å². The highest BCUT2D eigenvalue weighted by molar-refractivity contribution is 9.10. The van der Waals surface area contributed by atoms with E-state index in [1.54, 1.807) is 48.5 Å². The molecule has 3 aromatic rings. The number of hydrogen-bond donors (Lipinski definition) is 1. The molecular formula is C20H14BrN3O4S. The fourth-order valence-corrected chi connectivity index (χ4v) is 3.95. The minimum atomic E-state index is -4.02. The van der Waals surface area contributed by atoms with Gasteiger partial charge in [0.2, 0.25) is 0 Å². The van der Waals surface area contributed by atoms with E-state index in [0.717, 1.165) is 9.48 Å². The lowest BCUT2D eigenvalue weighted by atomic mass is 10.2. The minimum absolute atomic E-state index is 0.0179. The average Bonchev–Trinajstić information content (AvgIpc) is 3.33. The Morgan fingerprint density at radius 1 is 1.00 bits per heavy atom. The largest absolute Gasteiger partial charge is 0.465 e. The molecule has 2 aromatic carbocycles. The maximum absolute atomic E-state index is 12.9. The molecule has 1 N–H and O–H groups in total. The van der Waals surface area contributed by atoms with Crippen LogP contribution in [0.3, 0.4) is 0 Å². The number of nitrogens with zero attached hydrogens (tertiary/aromatic N) is 2. The summed E-state index contributed by atoms with van der Waals surface area (Å²) in [5, 5.41) is 0.932. The number of halogens is 1. The molecule has 1 aromatic heterocycles. The molecule has 4 rings (SSSR count). The number of rotatable bonds is 5. The van der Waals surface area contributed by atoms with Crippen LogP contribution in [0.4, 0.5) is 0 Å². The Morgan fingerprint density at radius 3 is 2.38 bits per heavy atom. The lowest BCUT2D eigenvalue weighted by Gasteiger charge is -2.19. The number of aliphatic imine (C=N–C) groups is 1. The molecule has 146 valence electrons. The second kappa shape index (κ2) is 7.78. The van der Waals surface area contributed by atoms with Crippen LogP contribution in [0.2, 0.25) is 0 Å². The fraction of sp³-hybridized carbons (Fsp3) is 0. The zero-order valence-corrected chi connectivity index (χ0v) is 17.2. The molecule has 0 unspecified atom stereocenters. The van der Waals surface area contributed by atoms with Gasteiger partial charge >= 0.3 is 0 Å². The lowest BCUT2D eigenvalue weighted by molar-refractivity contribution is -0.123. The van der Waals surface area contributed by atoms with Crippen molar-refractivity contribution in [2.24, 2.45) is 4.99 Å². The summed E-state index contributed by atoms with van der Waals surface area (Å²) in [4.78, 5) is 19.6. The Balaban J connectivity index is 1.73. The molecule has 0 atom stereocenters. The van der Waals surface area contributed by atoms with Crippen LogP contribution in [0.25, 0.3) is 6.08 Å². The van der Waals surface area contributed by atoms with Crippen molar-refractivity contribution >= 4 is 43.8 Å². The number of amides is 1. The molecule has 2 heterocycles. The molecule has 0 fully saturated rings. The van der Waals surface area contributed by atoms with Gasteiger partial charge in [0.15, 0.2) is 5.84 Å². The van der Waals surface area contributed by atoms with E-state index < -0.39 is 15.9 Å². The van der Waals surface area contributed by atoms with Gasteiger partial charge in [0.25, 0.3) is 15.9 Å². The van der Waals surface area contributed by atoms with E-state index in [9.17, 15) is 13.2 Å². The third kappa shape index (κ3) is 4.07. The van der Waals surface area contributed by atoms with Gasteiger partial charge in [-0.3, -0.25) is 4.79 Å². The quantitative estimate of drug-likeness (QED) is 0.575. The van der Waals surface area contributed by atoms with Gasteiger partial charge in [-0.05, 0) is 36.4 Å². The average molecular weight is 472 g/mol. The summed E-state index contributed by atoms with van der Waals surface area (Å²) < 4.78 is 31.6. The third-order valence-electron chi connectivity index (χ3n) is 4.05. The molecule has 0 saturated heterocycles. The molecule has 0 radical (unpaired) electrons. The smallest absolute Gasteiger partial charge is 0.293 e. The molecule has 0 aliphatic carbocycles. The van der Waals surface area contributed by atoms with E-state index >= 15 is 0 Å². The van der Waals surface area contributed by atoms with Gasteiger partial charge < -0.3 is 4.42 Å². The Morgan fingerprint density at radius 2 is 1.72 bits per heavy atom. The van der Waals surface area contributed by atoms with Gasteiger partial charge in [-0.1, -0.05) is 46.3 Å². The number of hydrogen-bond acceptors (Lipinski definition) is 5. The summed E-state index contributed by atoms with van der Waals surface area (Å²) in [5.74, 6) is -0.00263. The van der Waals surface area contributed by atoms with Gasteiger partial charge in [0.1, 0.15) is 11.5 Å². The molecule has 9 heteroatoms. The van der Waals surface area contributed by atoms with Crippen molar-refractivity contribution in [2.75, 3.05) is 0 Å². The van der Waals surface area contributed by atoms with Crippen molar-refractivity contribution in [3.8, 4) is 0 Å². The highest BCUT2D eigenvalue weighted by Gasteiger charge is 2.35. The second-order valence-electron chi connectivity index (χ2n) is 6.04. The van der Waals surface area contributed by atoms with Crippen molar-refractivity contribution in [2.45, 2.75) is 4.90 Å². The van der Waals surface area contributed by atoms with Crippen molar-refractivity contribution in [3.05, 3.63) is 94.5 Å². The molecular weight excluding hydrogens is 458 g/mol. The van der Waals surface area contributed by atoms with Crippen LogP contribution in [0.15, 0.2) is 97.5 Å². The predicted octanol–water partition coefficient (Wildman–Crippen LogP) is 3.57. The molecule has 1 amide bonds. The van der Waals surface area contributed by atoms with E-state index in [2.05, 4.69) is 25.8 Å². The van der Waals surface area contributed by atoms with Gasteiger partial charge in [-0.25, -0.2) is 18.4 Å². The molecule has 0 spiro atoms. The van der Waals surface area contributed by atoms with Crippen LogP contribution in [0.5, 0.6) is 0 Å². The molecule has 29 heavy (non-hydrogen) atoms. The van der Waals surface area contributed by atoms with Crippen LogP contribution in [0.1, 0.15) is 11.3 Å². The molecule has 0 bridgehead atoms. The third-order valence-corrected chi connectivity index (χ3v) is 5.89. The van der Waals surface area contributed by atoms with E-state index in [0.29, 0.717) is 11.3 Å². The summed E-state index contributed by atoms with van der Waals surface area (Å²) in [6.07, 6.45) is 2.93. The van der Waals surface area contributed by atoms with E-state index in [1.807, 2.05) is 6.07 Å². The summed E-state index contributed by atoms with van der Waals surface area (Å²) >= 11 is 3.27. The number of sulfonamides is 1. The number of hydrazine groups is 1. The van der Waals surface area contributed by atoms with E-state index in [4.69, 9.17) is 4.42 Å². The van der Waals surface area contributed by atoms with Crippen LogP contribution in [-0.2, 0) is 14.8 Å². The van der Waals surface area contributed by atoms with Gasteiger partial charge in [-0.2, -0.15) is 0 Å². The first-order valence-corrected chi connectivity index (χ1v) is 10.7. The van der Waals surface area contributed by atoms with E-state index in [-0.39, 0.29) is 16.4 Å². The molecule has 1 aliphatic rings. The first-order valence-electron chi connectivity index (χ1n) is 8.46. The molecule has 1 aliphatic heterocycles. The number of nitrogens with one attached hydrogen (secondary N) is 1. The number of benzene rings is 2. The predicted molar refractivity (Wildman–Crippen MR) is 111 cm³/mol. The second-order valence-corrected chi connectivity index (χ2v) is 8.61. The summed E-state index contributed by atoms with van der Waals surface area (Å²) in [5.41, 5.74) is 0.638. The zero-order chi connectivity index (χ0) is 20.4. The monoisotopic (exact) mass is 471 g/mol. The molecule has 7 nitrogen and oxygen atoms in total. The highest BCUT2D eigenvalue weighted by Crippen LogP contribution is 2.23. The maximum Gasteiger partial charge on any atom is 0.293 e. The number of furan rings is 1. The fourth-order valence-electron chi connectivity index (χ4n) is 2.68. The lowest BCUT2D eigenvalue weighted by Crippen LogP contribution is -2.47. The van der Waals surface area contributed by atoms with Crippen LogP contribution in [0, 0.1) is 0 Å². The Labute approximate surface area is 175 Å². The Hall–Kier alpha value is -3.01. The summed E-state index contributed by atoms with van der Waals surface area (Å²) in [6.45, 7) is 0. The number of carbonyl (C=O) groups is 1. The first-order chi connectivity index (χ1) is 13.9. The summed E-state index contributed by atoms with van der Waals surface area (Å²) in [6, 6.07) is 18.3. The van der Waals surface area contributed by atoms with Crippen LogP contribution in [-0.4, -0.2) is 25.2 Å². The van der Waals surface area contributed by atoms with Crippen molar-refractivity contribution in [1.82, 2.24) is 9.84 Å². The number of carbonyl (C=O) groups excluding carboxylic acids is 1. The standard InChI is InChI=1S/C20H14BrN3O4S/c21-15-8-10-17(11-9-15)29(26,27)23-24-19(14-5-2-1-3-6-14)22-18(20(24)25)13-16-7-4-12-28-16/h1-13,23H/b18-13-. The zero-order valence-electron chi connectivity index (χ0n) is 14.8. The SMILES string of the molecule is O=C1/C(=C/c2ccco2)N=C(c2ccccc2)N1NS(=O)(=O)c1ccc(Br)cc1. The topological polar surface area (TPSA) is 92.0 Å². The number of amidine groups is 1. The van der Waals surface area contributed by atoms with Crippen LogP contribution >= 0.6 is 15.9 Å². The van der Waals surface area contributed by atoms with Crippen molar-refractivity contribution in [1.29, 1.82) is 0 Å². The van der Waals surface area contributed by atoms with Crippen molar-refractivity contribution in [3.63, 3.8) is 0 Å². The summed E-state index contributed by atoms with van der Waals surface area (Å²) in [7, 11) is -4.02. The maximum atomic E-state index is 12.9. The van der Waals surface area contributed by atoms with Crippen LogP contribution < -0.4 is 4.83 Å².